The quantitative estimate of drug-likeness (QED) is 0.727. The van der Waals surface area contributed by atoms with Gasteiger partial charge in [0.05, 0.1) is 0 Å². The van der Waals surface area contributed by atoms with Gasteiger partial charge in [0.1, 0.15) is 0 Å². The molecule has 0 unspecified atom stereocenters. The molecule has 0 atom stereocenters. The van der Waals surface area contributed by atoms with Crippen LogP contribution in [-0.4, -0.2) is 60.1 Å². The fourth-order valence-electron chi connectivity index (χ4n) is 1.59. The van der Waals surface area contributed by atoms with E-state index in [2.05, 4.69) is 16.7 Å². The second kappa shape index (κ2) is 7.68. The molecule has 88 valence electrons. The highest BCUT2D eigenvalue weighted by atomic mass is 35.5. The maximum atomic E-state index is 10.2. The Hall–Kier alpha value is -0.580. The van der Waals surface area contributed by atoms with Crippen molar-refractivity contribution in [2.75, 3.05) is 39.3 Å². The van der Waals surface area contributed by atoms with Gasteiger partial charge in [-0.15, -0.1) is 12.4 Å². The summed E-state index contributed by atoms with van der Waals surface area (Å²) in [6.07, 6.45) is 2.93. The molecule has 0 aliphatic carbocycles. The van der Waals surface area contributed by atoms with E-state index in [-0.39, 0.29) is 12.4 Å². The van der Waals surface area contributed by atoms with Crippen LogP contribution in [-0.2, 0) is 4.79 Å². The van der Waals surface area contributed by atoms with Crippen LogP contribution in [0.4, 0.5) is 0 Å². The number of carboxylic acids is 1. The standard InChI is InChI=1S/C10H18N2O2.ClH/c1-2-11-6-8-12(9-7-11)5-3-4-10(13)14;/h3-4H,2,5-9H2,1H3,(H,13,14);1H/b4-3+;. The molecule has 0 spiro atoms. The monoisotopic (exact) mass is 234 g/mol. The summed E-state index contributed by atoms with van der Waals surface area (Å²) >= 11 is 0. The molecule has 0 aromatic rings. The molecule has 1 rings (SSSR count). The Balaban J connectivity index is 0.00000196. The molecular formula is C10H19ClN2O2. The SMILES string of the molecule is CCN1CCN(C/C=C/C(=O)O)CC1.Cl. The van der Waals surface area contributed by atoms with Crippen molar-refractivity contribution < 1.29 is 9.90 Å². The van der Waals surface area contributed by atoms with Gasteiger partial charge in [-0.1, -0.05) is 13.0 Å². The van der Waals surface area contributed by atoms with Gasteiger partial charge in [0.25, 0.3) is 0 Å². The number of piperazine rings is 1. The summed E-state index contributed by atoms with van der Waals surface area (Å²) in [5, 5.41) is 8.41. The molecule has 15 heavy (non-hydrogen) atoms. The first-order valence-corrected chi connectivity index (χ1v) is 5.06. The highest BCUT2D eigenvalue weighted by Crippen LogP contribution is 2.00. The van der Waals surface area contributed by atoms with Crippen molar-refractivity contribution in [2.45, 2.75) is 6.92 Å². The zero-order valence-corrected chi connectivity index (χ0v) is 9.87. The van der Waals surface area contributed by atoms with Gasteiger partial charge in [-0.25, -0.2) is 4.79 Å². The summed E-state index contributed by atoms with van der Waals surface area (Å²) in [6, 6.07) is 0. The number of likely N-dealkylation sites (N-methyl/N-ethyl adjacent to an activating group) is 1. The van der Waals surface area contributed by atoms with Gasteiger partial charge >= 0.3 is 5.97 Å². The normalized spacial score (nSPS) is 19.0. The molecule has 1 N–H and O–H groups in total. The summed E-state index contributed by atoms with van der Waals surface area (Å²) in [5.41, 5.74) is 0. The van der Waals surface area contributed by atoms with Gasteiger partial charge in [-0.3, -0.25) is 4.90 Å². The molecule has 1 heterocycles. The summed E-state index contributed by atoms with van der Waals surface area (Å²) in [4.78, 5) is 14.9. The number of hydrogen-bond acceptors (Lipinski definition) is 3. The van der Waals surface area contributed by atoms with Crippen molar-refractivity contribution >= 4 is 18.4 Å². The Kier molecular flexibility index (Phi) is 7.38. The molecular weight excluding hydrogens is 216 g/mol. The Morgan fingerprint density at radius 2 is 1.80 bits per heavy atom. The van der Waals surface area contributed by atoms with Crippen LogP contribution in [0.3, 0.4) is 0 Å². The van der Waals surface area contributed by atoms with Crippen LogP contribution in [0, 0.1) is 0 Å². The average molecular weight is 235 g/mol. The van der Waals surface area contributed by atoms with Crippen LogP contribution < -0.4 is 0 Å². The lowest BCUT2D eigenvalue weighted by molar-refractivity contribution is -0.131. The Labute approximate surface area is 97.0 Å². The highest BCUT2D eigenvalue weighted by molar-refractivity contribution is 5.85. The van der Waals surface area contributed by atoms with Gasteiger partial charge < -0.3 is 10.0 Å². The molecule has 1 saturated heterocycles. The fraction of sp³-hybridized carbons (Fsp3) is 0.700. The van der Waals surface area contributed by atoms with E-state index in [1.807, 2.05) is 0 Å². The largest absolute Gasteiger partial charge is 0.478 e. The molecule has 0 saturated carbocycles. The van der Waals surface area contributed by atoms with Gasteiger partial charge in [0.2, 0.25) is 0 Å². The van der Waals surface area contributed by atoms with E-state index in [0.717, 1.165) is 39.3 Å². The predicted octanol–water partition coefficient (Wildman–Crippen LogP) is 0.686. The van der Waals surface area contributed by atoms with Gasteiger partial charge in [0, 0.05) is 38.8 Å². The minimum Gasteiger partial charge on any atom is -0.478 e. The first-order valence-electron chi connectivity index (χ1n) is 5.06. The van der Waals surface area contributed by atoms with Gasteiger partial charge in [-0.2, -0.15) is 0 Å². The van der Waals surface area contributed by atoms with E-state index in [0.29, 0.717) is 0 Å². The molecule has 1 fully saturated rings. The minimum atomic E-state index is -0.864. The lowest BCUT2D eigenvalue weighted by atomic mass is 10.3. The maximum absolute atomic E-state index is 10.2. The number of aliphatic carboxylic acids is 1. The molecule has 0 radical (unpaired) electrons. The summed E-state index contributed by atoms with van der Waals surface area (Å²) in [5.74, 6) is -0.864. The van der Waals surface area contributed by atoms with Crippen molar-refractivity contribution in [3.8, 4) is 0 Å². The molecule has 4 nitrogen and oxygen atoms in total. The first kappa shape index (κ1) is 14.4. The van der Waals surface area contributed by atoms with Crippen molar-refractivity contribution in [1.82, 2.24) is 9.80 Å². The number of halogens is 1. The van der Waals surface area contributed by atoms with Crippen molar-refractivity contribution in [1.29, 1.82) is 0 Å². The lowest BCUT2D eigenvalue weighted by Gasteiger charge is -2.33. The molecule has 0 bridgehead atoms. The number of carbonyl (C=O) groups is 1. The van der Waals surface area contributed by atoms with Crippen LogP contribution in [0.5, 0.6) is 0 Å². The first-order chi connectivity index (χ1) is 6.72. The Bertz CT molecular complexity index is 213. The third-order valence-corrected chi connectivity index (χ3v) is 2.54. The second-order valence-corrected chi connectivity index (χ2v) is 3.48. The summed E-state index contributed by atoms with van der Waals surface area (Å²) in [6.45, 7) is 8.30. The molecule has 0 amide bonds. The van der Waals surface area contributed by atoms with Crippen LogP contribution in [0.15, 0.2) is 12.2 Å². The molecule has 1 aliphatic rings. The Morgan fingerprint density at radius 1 is 1.27 bits per heavy atom. The second-order valence-electron chi connectivity index (χ2n) is 3.48. The zero-order valence-electron chi connectivity index (χ0n) is 9.06. The number of hydrogen-bond donors (Lipinski definition) is 1. The smallest absolute Gasteiger partial charge is 0.328 e. The minimum absolute atomic E-state index is 0. The zero-order chi connectivity index (χ0) is 10.4. The van der Waals surface area contributed by atoms with Crippen LogP contribution in [0.25, 0.3) is 0 Å². The number of rotatable bonds is 4. The maximum Gasteiger partial charge on any atom is 0.328 e. The van der Waals surface area contributed by atoms with Gasteiger partial charge in [-0.05, 0) is 6.54 Å². The van der Waals surface area contributed by atoms with E-state index in [1.165, 1.54) is 6.08 Å². The van der Waals surface area contributed by atoms with E-state index in [4.69, 9.17) is 5.11 Å². The van der Waals surface area contributed by atoms with Crippen molar-refractivity contribution in [3.05, 3.63) is 12.2 Å². The summed E-state index contributed by atoms with van der Waals surface area (Å²) < 4.78 is 0. The van der Waals surface area contributed by atoms with Crippen LogP contribution >= 0.6 is 12.4 Å². The topological polar surface area (TPSA) is 43.8 Å². The van der Waals surface area contributed by atoms with E-state index < -0.39 is 5.97 Å². The number of carboxylic acid groups (broad SMARTS) is 1. The summed E-state index contributed by atoms with van der Waals surface area (Å²) in [7, 11) is 0. The lowest BCUT2D eigenvalue weighted by Crippen LogP contribution is -2.46. The van der Waals surface area contributed by atoms with Crippen LogP contribution in [0.1, 0.15) is 6.92 Å². The third-order valence-electron chi connectivity index (χ3n) is 2.54. The highest BCUT2D eigenvalue weighted by Gasteiger charge is 2.13. The van der Waals surface area contributed by atoms with Crippen molar-refractivity contribution in [3.63, 3.8) is 0 Å². The fourth-order valence-corrected chi connectivity index (χ4v) is 1.59. The van der Waals surface area contributed by atoms with Gasteiger partial charge in [0.15, 0.2) is 0 Å². The van der Waals surface area contributed by atoms with Crippen LogP contribution in [0.2, 0.25) is 0 Å². The van der Waals surface area contributed by atoms with Crippen molar-refractivity contribution in [2.24, 2.45) is 0 Å². The molecule has 0 aromatic carbocycles. The third kappa shape index (κ3) is 5.77. The predicted molar refractivity (Wildman–Crippen MR) is 62.6 cm³/mol. The molecule has 0 aromatic heterocycles. The molecule has 1 aliphatic heterocycles. The van der Waals surface area contributed by atoms with E-state index >= 15 is 0 Å². The Morgan fingerprint density at radius 3 is 2.27 bits per heavy atom. The average Bonchev–Trinajstić information content (AvgIpc) is 2.18. The van der Waals surface area contributed by atoms with E-state index in [1.54, 1.807) is 6.08 Å². The number of nitrogens with zero attached hydrogens (tertiary/aromatic N) is 2. The molecule has 5 heteroatoms. The van der Waals surface area contributed by atoms with E-state index in [9.17, 15) is 4.79 Å².